The first-order valence-electron chi connectivity index (χ1n) is 6.82. The van der Waals surface area contributed by atoms with E-state index in [1.165, 1.54) is 6.33 Å². The number of hydrogen-bond acceptors (Lipinski definition) is 5. The molecule has 0 saturated heterocycles. The molecule has 0 saturated carbocycles. The van der Waals surface area contributed by atoms with E-state index < -0.39 is 12.5 Å². The number of alkyl halides is 3. The van der Waals surface area contributed by atoms with E-state index in [0.717, 1.165) is 0 Å². The Morgan fingerprint density at radius 2 is 1.96 bits per heavy atom. The molecule has 8 heteroatoms. The lowest BCUT2D eigenvalue weighted by Crippen LogP contribution is -2.17. The molecule has 1 unspecified atom stereocenters. The van der Waals surface area contributed by atoms with Crippen molar-refractivity contribution >= 4 is 11.5 Å². The third-order valence-electron chi connectivity index (χ3n) is 3.48. The third-order valence-corrected chi connectivity index (χ3v) is 3.48. The molecule has 0 aliphatic heterocycles. The van der Waals surface area contributed by atoms with Gasteiger partial charge in [-0.1, -0.05) is 0 Å². The number of nitrogens with one attached hydrogen (secondary N) is 1. The van der Waals surface area contributed by atoms with Gasteiger partial charge in [0.2, 0.25) is 0 Å². The second-order valence-electron chi connectivity index (χ2n) is 4.99. The maximum atomic E-state index is 12.5. The molecule has 1 aromatic heterocycles. The fourth-order valence-corrected chi connectivity index (χ4v) is 2.53. The van der Waals surface area contributed by atoms with E-state index in [-0.39, 0.29) is 12.2 Å². The molecule has 1 aliphatic rings. The number of fused-ring (bicyclic) bond motifs is 1. The highest BCUT2D eigenvalue weighted by molar-refractivity contribution is 5.62. The summed E-state index contributed by atoms with van der Waals surface area (Å²) in [7, 11) is 0. The van der Waals surface area contributed by atoms with Crippen molar-refractivity contribution in [3.63, 3.8) is 0 Å². The highest BCUT2D eigenvalue weighted by Crippen LogP contribution is 2.41. The van der Waals surface area contributed by atoms with Crippen molar-refractivity contribution in [2.24, 2.45) is 0 Å². The van der Waals surface area contributed by atoms with Crippen molar-refractivity contribution in [3.05, 3.63) is 47.4 Å². The fourth-order valence-electron chi connectivity index (χ4n) is 2.53. The van der Waals surface area contributed by atoms with Crippen LogP contribution in [0, 0.1) is 11.3 Å². The molecule has 0 radical (unpaired) electrons. The van der Waals surface area contributed by atoms with Crippen LogP contribution in [0.15, 0.2) is 30.6 Å². The summed E-state index contributed by atoms with van der Waals surface area (Å²) >= 11 is 0. The van der Waals surface area contributed by atoms with E-state index in [4.69, 9.17) is 5.26 Å². The zero-order valence-electron chi connectivity index (χ0n) is 11.8. The summed E-state index contributed by atoms with van der Waals surface area (Å²) in [5, 5.41) is 11.7. The summed E-state index contributed by atoms with van der Waals surface area (Å²) in [6.45, 7) is 0. The zero-order chi connectivity index (χ0) is 16.4. The van der Waals surface area contributed by atoms with Crippen LogP contribution in [0.3, 0.4) is 0 Å². The lowest BCUT2D eigenvalue weighted by atomic mass is 10.2. The Hall–Kier alpha value is -2.66. The third kappa shape index (κ3) is 3.40. The second kappa shape index (κ2) is 5.85. The van der Waals surface area contributed by atoms with Gasteiger partial charge >= 0.3 is 6.36 Å². The SMILES string of the molecule is N#Cc1ccc(Nc2ncnc3c2C(OC(F)(F)F)CC3)cc1. The van der Waals surface area contributed by atoms with Crippen molar-refractivity contribution in [1.82, 2.24) is 9.97 Å². The number of aryl methyl sites for hydroxylation is 1. The average molecular weight is 320 g/mol. The summed E-state index contributed by atoms with van der Waals surface area (Å²) in [5.41, 5.74) is 1.98. The van der Waals surface area contributed by atoms with Gasteiger partial charge in [0.15, 0.2) is 0 Å². The minimum absolute atomic E-state index is 0.204. The molecule has 5 nitrogen and oxygen atoms in total. The first kappa shape index (κ1) is 15.2. The standard InChI is InChI=1S/C15H11F3N4O/c16-15(17,18)23-12-6-5-11-13(12)14(21-8-20-11)22-10-3-1-9(7-19)2-4-10/h1-4,8,12H,5-6H2,(H,20,21,22). The average Bonchev–Trinajstić information content (AvgIpc) is 2.90. The van der Waals surface area contributed by atoms with Gasteiger partial charge in [-0.05, 0) is 37.1 Å². The van der Waals surface area contributed by atoms with Crippen LogP contribution in [-0.4, -0.2) is 16.3 Å². The lowest BCUT2D eigenvalue weighted by Gasteiger charge is -2.17. The molecule has 0 bridgehead atoms. The van der Waals surface area contributed by atoms with E-state index in [1.54, 1.807) is 24.3 Å². The first-order valence-corrected chi connectivity index (χ1v) is 6.82. The quantitative estimate of drug-likeness (QED) is 0.935. The molecule has 118 valence electrons. The van der Waals surface area contributed by atoms with Gasteiger partial charge in [0.25, 0.3) is 0 Å². The Morgan fingerprint density at radius 3 is 2.61 bits per heavy atom. The monoisotopic (exact) mass is 320 g/mol. The second-order valence-corrected chi connectivity index (χ2v) is 4.99. The van der Waals surface area contributed by atoms with Crippen LogP contribution < -0.4 is 5.32 Å². The Morgan fingerprint density at radius 1 is 1.22 bits per heavy atom. The lowest BCUT2D eigenvalue weighted by molar-refractivity contribution is -0.344. The van der Waals surface area contributed by atoms with Crippen LogP contribution in [0.25, 0.3) is 0 Å². The first-order chi connectivity index (χ1) is 11.0. The van der Waals surface area contributed by atoms with Crippen molar-refractivity contribution in [1.29, 1.82) is 5.26 Å². The fraction of sp³-hybridized carbons (Fsp3) is 0.267. The Bertz CT molecular complexity index is 753. The molecule has 2 aromatic rings. The minimum Gasteiger partial charge on any atom is -0.340 e. The number of ether oxygens (including phenoxy) is 1. The molecule has 23 heavy (non-hydrogen) atoms. The topological polar surface area (TPSA) is 70.8 Å². The van der Waals surface area contributed by atoms with Gasteiger partial charge in [0, 0.05) is 11.3 Å². The minimum atomic E-state index is -4.71. The molecule has 0 amide bonds. The van der Waals surface area contributed by atoms with E-state index in [1.807, 2.05) is 6.07 Å². The smallest absolute Gasteiger partial charge is 0.340 e. The number of rotatable bonds is 3. The molecule has 0 fully saturated rings. The number of aromatic nitrogens is 2. The predicted molar refractivity (Wildman–Crippen MR) is 74.7 cm³/mol. The summed E-state index contributed by atoms with van der Waals surface area (Å²) in [5.74, 6) is 0.284. The molecule has 1 heterocycles. The highest BCUT2D eigenvalue weighted by Gasteiger charge is 2.39. The van der Waals surface area contributed by atoms with Gasteiger partial charge < -0.3 is 5.32 Å². The number of benzene rings is 1. The molecule has 1 atom stereocenters. The highest BCUT2D eigenvalue weighted by atomic mass is 19.4. The van der Waals surface area contributed by atoms with Crippen molar-refractivity contribution < 1.29 is 17.9 Å². The van der Waals surface area contributed by atoms with E-state index in [0.29, 0.717) is 28.9 Å². The van der Waals surface area contributed by atoms with Crippen LogP contribution in [0.1, 0.15) is 29.3 Å². The van der Waals surface area contributed by atoms with Crippen LogP contribution in [-0.2, 0) is 11.2 Å². The maximum Gasteiger partial charge on any atom is 0.523 e. The Balaban J connectivity index is 1.89. The van der Waals surface area contributed by atoms with Crippen molar-refractivity contribution in [3.8, 4) is 6.07 Å². The molecule has 1 aliphatic carbocycles. The van der Waals surface area contributed by atoms with Gasteiger partial charge in [-0.3, -0.25) is 4.74 Å². The summed E-state index contributed by atoms with van der Waals surface area (Å²) < 4.78 is 41.8. The molecular weight excluding hydrogens is 309 g/mol. The number of anilines is 2. The number of hydrogen-bond donors (Lipinski definition) is 1. The number of halogens is 3. The molecule has 1 aromatic carbocycles. The van der Waals surface area contributed by atoms with Crippen LogP contribution in [0.5, 0.6) is 0 Å². The summed E-state index contributed by atoms with van der Waals surface area (Å²) in [6.07, 6.45) is -3.92. The van der Waals surface area contributed by atoms with Crippen LogP contribution in [0.4, 0.5) is 24.7 Å². The Kier molecular flexibility index (Phi) is 3.88. The van der Waals surface area contributed by atoms with Crippen LogP contribution in [0.2, 0.25) is 0 Å². The normalized spacial score (nSPS) is 16.7. The van der Waals surface area contributed by atoms with Gasteiger partial charge in [0.1, 0.15) is 12.1 Å². The van der Waals surface area contributed by atoms with Crippen molar-refractivity contribution in [2.45, 2.75) is 25.3 Å². The van der Waals surface area contributed by atoms with Gasteiger partial charge in [-0.15, -0.1) is 13.2 Å². The summed E-state index contributed by atoms with van der Waals surface area (Å²) in [6, 6.07) is 8.51. The van der Waals surface area contributed by atoms with Crippen molar-refractivity contribution in [2.75, 3.05) is 5.32 Å². The van der Waals surface area contributed by atoms with Gasteiger partial charge in [-0.2, -0.15) is 5.26 Å². The van der Waals surface area contributed by atoms with E-state index in [2.05, 4.69) is 20.0 Å². The van der Waals surface area contributed by atoms with Gasteiger partial charge in [0.05, 0.1) is 23.4 Å². The maximum absolute atomic E-state index is 12.5. The Labute approximate surface area is 129 Å². The number of nitriles is 1. The zero-order valence-corrected chi connectivity index (χ0v) is 11.8. The molecule has 1 N–H and O–H groups in total. The number of nitrogens with zero attached hydrogens (tertiary/aromatic N) is 3. The molecule has 3 rings (SSSR count). The molecule has 0 spiro atoms. The van der Waals surface area contributed by atoms with E-state index in [9.17, 15) is 13.2 Å². The predicted octanol–water partition coefficient (Wildman–Crippen LogP) is 3.62. The van der Waals surface area contributed by atoms with Gasteiger partial charge in [-0.25, -0.2) is 9.97 Å². The summed E-state index contributed by atoms with van der Waals surface area (Å²) in [4.78, 5) is 8.06. The largest absolute Gasteiger partial charge is 0.523 e. The molecular formula is C15H11F3N4O. The van der Waals surface area contributed by atoms with E-state index >= 15 is 0 Å². The van der Waals surface area contributed by atoms with Crippen LogP contribution >= 0.6 is 0 Å².